The molecule has 0 spiro atoms. The fraction of sp³-hybridized carbons (Fsp3) is 0.689. The second-order valence-electron chi connectivity index (χ2n) is 22.0. The summed E-state index contributed by atoms with van der Waals surface area (Å²) in [7, 11) is 0. The molecule has 6 nitrogen and oxygen atoms in total. The molecule has 1 unspecified atom stereocenters. The Morgan fingerprint density at radius 2 is 0.487 bits per heavy atom. The quantitative estimate of drug-likeness (QED) is 0.0261. The Balaban J connectivity index is 4.11. The summed E-state index contributed by atoms with van der Waals surface area (Å²) in [6.07, 6.45) is 93.9. The molecule has 0 rings (SSSR count). The average molecular weight is 1110 g/mol. The van der Waals surface area contributed by atoms with Crippen LogP contribution in [0.1, 0.15) is 310 Å². The number of unbranched alkanes of at least 4 members (excludes halogenated alkanes) is 29. The van der Waals surface area contributed by atoms with Crippen LogP contribution in [0.3, 0.4) is 0 Å². The fourth-order valence-electron chi connectivity index (χ4n) is 9.20. The highest BCUT2D eigenvalue weighted by Gasteiger charge is 2.19. The average Bonchev–Trinajstić information content (AvgIpc) is 3.46. The molecule has 0 saturated carbocycles. The molecule has 456 valence electrons. The number of hydrogen-bond acceptors (Lipinski definition) is 6. The molecular formula is C74H124O6. The zero-order chi connectivity index (χ0) is 57.8. The number of carbonyl (C=O) groups excluding carboxylic acids is 3. The van der Waals surface area contributed by atoms with E-state index in [0.29, 0.717) is 19.3 Å². The van der Waals surface area contributed by atoms with Crippen molar-refractivity contribution in [1.82, 2.24) is 0 Å². The lowest BCUT2D eigenvalue weighted by atomic mass is 10.0. The summed E-state index contributed by atoms with van der Waals surface area (Å²) in [5, 5.41) is 0. The van der Waals surface area contributed by atoms with Crippen molar-refractivity contribution in [2.75, 3.05) is 13.2 Å². The Morgan fingerprint density at radius 3 is 0.762 bits per heavy atom. The van der Waals surface area contributed by atoms with Crippen LogP contribution in [0.4, 0.5) is 0 Å². The number of allylic oxidation sites excluding steroid dienone is 20. The van der Waals surface area contributed by atoms with E-state index in [0.717, 1.165) is 122 Å². The van der Waals surface area contributed by atoms with Gasteiger partial charge in [-0.05, 0) is 116 Å². The normalized spacial score (nSPS) is 12.9. The minimum Gasteiger partial charge on any atom is -0.462 e. The van der Waals surface area contributed by atoms with E-state index in [1.54, 1.807) is 0 Å². The highest BCUT2D eigenvalue weighted by Crippen LogP contribution is 2.16. The lowest BCUT2D eigenvalue weighted by Gasteiger charge is -2.18. The van der Waals surface area contributed by atoms with Crippen LogP contribution in [0, 0.1) is 0 Å². The highest BCUT2D eigenvalue weighted by atomic mass is 16.6. The predicted octanol–water partition coefficient (Wildman–Crippen LogP) is 23.2. The zero-order valence-corrected chi connectivity index (χ0v) is 52.3. The van der Waals surface area contributed by atoms with Crippen molar-refractivity contribution in [3.05, 3.63) is 122 Å². The summed E-state index contributed by atoms with van der Waals surface area (Å²) in [6, 6.07) is 0. The minimum absolute atomic E-state index is 0.0819. The van der Waals surface area contributed by atoms with Gasteiger partial charge in [0.15, 0.2) is 6.10 Å². The van der Waals surface area contributed by atoms with Gasteiger partial charge in [0.2, 0.25) is 0 Å². The molecule has 0 amide bonds. The van der Waals surface area contributed by atoms with Crippen LogP contribution in [0.2, 0.25) is 0 Å². The van der Waals surface area contributed by atoms with Crippen LogP contribution >= 0.6 is 0 Å². The van der Waals surface area contributed by atoms with Gasteiger partial charge in [-0.2, -0.15) is 0 Å². The van der Waals surface area contributed by atoms with Crippen molar-refractivity contribution in [2.24, 2.45) is 0 Å². The second-order valence-corrected chi connectivity index (χ2v) is 22.0. The van der Waals surface area contributed by atoms with Gasteiger partial charge < -0.3 is 14.2 Å². The van der Waals surface area contributed by atoms with E-state index in [4.69, 9.17) is 14.2 Å². The number of ether oxygens (including phenoxy) is 3. The Labute approximate surface area is 494 Å². The molecule has 0 aliphatic carbocycles. The van der Waals surface area contributed by atoms with E-state index >= 15 is 0 Å². The molecule has 0 saturated heterocycles. The fourth-order valence-corrected chi connectivity index (χ4v) is 9.20. The molecule has 80 heavy (non-hydrogen) atoms. The Morgan fingerprint density at radius 1 is 0.263 bits per heavy atom. The molecule has 0 aromatic rings. The molecule has 6 heteroatoms. The Kier molecular flexibility index (Phi) is 63.8. The van der Waals surface area contributed by atoms with E-state index in [1.165, 1.54) is 148 Å². The molecule has 0 aromatic heterocycles. The van der Waals surface area contributed by atoms with E-state index in [1.807, 2.05) is 0 Å². The van der Waals surface area contributed by atoms with Gasteiger partial charge in [-0.1, -0.05) is 296 Å². The summed E-state index contributed by atoms with van der Waals surface area (Å²) in [5.41, 5.74) is 0. The van der Waals surface area contributed by atoms with Crippen LogP contribution in [-0.4, -0.2) is 37.2 Å². The van der Waals surface area contributed by atoms with Gasteiger partial charge >= 0.3 is 17.9 Å². The number of rotatable bonds is 60. The first-order valence-corrected chi connectivity index (χ1v) is 33.5. The van der Waals surface area contributed by atoms with Gasteiger partial charge in [-0.3, -0.25) is 14.4 Å². The van der Waals surface area contributed by atoms with Gasteiger partial charge in [0.05, 0.1) is 0 Å². The van der Waals surface area contributed by atoms with E-state index in [-0.39, 0.29) is 31.1 Å². The molecule has 0 aliphatic heterocycles. The molecule has 0 N–H and O–H groups in total. The molecule has 0 heterocycles. The third-order valence-corrected chi connectivity index (χ3v) is 14.2. The molecule has 0 bridgehead atoms. The first-order chi connectivity index (χ1) is 39.5. The van der Waals surface area contributed by atoms with Gasteiger partial charge in [0.1, 0.15) is 13.2 Å². The van der Waals surface area contributed by atoms with Crippen LogP contribution in [-0.2, 0) is 28.6 Å². The van der Waals surface area contributed by atoms with Crippen LogP contribution in [0.25, 0.3) is 0 Å². The molecule has 0 radical (unpaired) electrons. The summed E-state index contributed by atoms with van der Waals surface area (Å²) < 4.78 is 16.8. The van der Waals surface area contributed by atoms with E-state index in [9.17, 15) is 14.4 Å². The third-order valence-electron chi connectivity index (χ3n) is 14.2. The number of carbonyl (C=O) groups is 3. The topological polar surface area (TPSA) is 78.9 Å². The first-order valence-electron chi connectivity index (χ1n) is 33.5. The van der Waals surface area contributed by atoms with Crippen molar-refractivity contribution in [2.45, 2.75) is 316 Å². The molecular weight excluding hydrogens is 985 g/mol. The van der Waals surface area contributed by atoms with Crippen LogP contribution in [0.5, 0.6) is 0 Å². The number of hydrogen-bond donors (Lipinski definition) is 0. The van der Waals surface area contributed by atoms with Crippen LogP contribution in [0.15, 0.2) is 122 Å². The van der Waals surface area contributed by atoms with Crippen molar-refractivity contribution in [3.63, 3.8) is 0 Å². The lowest BCUT2D eigenvalue weighted by Crippen LogP contribution is -2.30. The van der Waals surface area contributed by atoms with Crippen LogP contribution < -0.4 is 0 Å². The lowest BCUT2D eigenvalue weighted by molar-refractivity contribution is -0.167. The first kappa shape index (κ1) is 75.8. The van der Waals surface area contributed by atoms with Crippen molar-refractivity contribution in [3.8, 4) is 0 Å². The monoisotopic (exact) mass is 1110 g/mol. The second kappa shape index (κ2) is 67.3. The maximum absolute atomic E-state index is 12.9. The van der Waals surface area contributed by atoms with Gasteiger partial charge in [-0.15, -0.1) is 0 Å². The number of esters is 3. The predicted molar refractivity (Wildman–Crippen MR) is 348 cm³/mol. The van der Waals surface area contributed by atoms with Crippen molar-refractivity contribution < 1.29 is 28.6 Å². The Bertz CT molecular complexity index is 1650. The van der Waals surface area contributed by atoms with Crippen molar-refractivity contribution in [1.29, 1.82) is 0 Å². The zero-order valence-electron chi connectivity index (χ0n) is 52.3. The van der Waals surface area contributed by atoms with Crippen molar-refractivity contribution >= 4 is 17.9 Å². The van der Waals surface area contributed by atoms with Gasteiger partial charge in [-0.25, -0.2) is 0 Å². The largest absolute Gasteiger partial charge is 0.462 e. The molecule has 0 aliphatic rings. The smallest absolute Gasteiger partial charge is 0.306 e. The molecule has 1 atom stereocenters. The van der Waals surface area contributed by atoms with Gasteiger partial charge in [0, 0.05) is 19.3 Å². The maximum Gasteiger partial charge on any atom is 0.306 e. The minimum atomic E-state index is -0.783. The SMILES string of the molecule is CC/C=C\C/C=C\C/C=C\C/C=C\C/C=C\C/C=C\C/C=C\CCCCCCCCCCCC(=O)OCC(COC(=O)CCCCCCCC)OC(=O)CCCCCCCCCCCC/C=C\C/C=C\C/C=C\CCCCCCC. The maximum atomic E-state index is 12.9. The molecule has 0 fully saturated rings. The van der Waals surface area contributed by atoms with E-state index in [2.05, 4.69) is 142 Å². The Hall–Kier alpha value is -4.19. The highest BCUT2D eigenvalue weighted by molar-refractivity contribution is 5.71. The summed E-state index contributed by atoms with van der Waals surface area (Å²) in [5.74, 6) is -0.896. The van der Waals surface area contributed by atoms with Gasteiger partial charge in [0.25, 0.3) is 0 Å². The summed E-state index contributed by atoms with van der Waals surface area (Å²) >= 11 is 0. The standard InChI is InChI=1S/C74H124O6/c1-4-7-10-13-16-18-20-22-24-26-28-30-32-34-35-36-37-38-39-41-42-44-46-48-50-52-54-56-58-61-64-67-73(76)79-70-71(69-78-72(75)66-63-60-15-12-9-6-3)80-74(77)68-65-62-59-57-55-53-51-49-47-45-43-40-33-31-29-27-25-23-21-19-17-14-11-8-5-2/h7,10,16,18,21-24,27-30,33-35,37-38,40-42,71H,4-6,8-9,11-15,17,19-20,25-26,31-32,36,39,43-70H2,1-3H3/b10-7-,18-16-,23-21-,24-22-,29-27-,30-28-,35-34-,38-37-,40-33-,42-41-. The van der Waals surface area contributed by atoms with E-state index < -0.39 is 6.10 Å². The summed E-state index contributed by atoms with van der Waals surface area (Å²) in [6.45, 7) is 6.46. The molecule has 0 aromatic carbocycles. The third kappa shape index (κ3) is 64.6. The summed E-state index contributed by atoms with van der Waals surface area (Å²) in [4.78, 5) is 38.1.